The molecular formula is C17H27NO. The third-order valence-electron chi connectivity index (χ3n) is 3.28. The predicted octanol–water partition coefficient (Wildman–Crippen LogP) is 4.22. The van der Waals surface area contributed by atoms with Crippen molar-refractivity contribution < 1.29 is 4.74 Å². The Kier molecular flexibility index (Phi) is 6.65. The topological polar surface area (TPSA) is 12.5 Å². The van der Waals surface area contributed by atoms with Gasteiger partial charge in [0.15, 0.2) is 0 Å². The van der Waals surface area contributed by atoms with Crippen LogP contribution in [0, 0.1) is 0 Å². The van der Waals surface area contributed by atoms with Gasteiger partial charge in [-0.15, -0.1) is 0 Å². The second-order valence-corrected chi connectivity index (χ2v) is 5.37. The van der Waals surface area contributed by atoms with Gasteiger partial charge in [0.2, 0.25) is 0 Å². The number of rotatable bonds is 8. The normalized spacial score (nSPS) is 11.3. The van der Waals surface area contributed by atoms with Gasteiger partial charge in [0.25, 0.3) is 0 Å². The second kappa shape index (κ2) is 8.00. The maximum absolute atomic E-state index is 5.84. The monoisotopic (exact) mass is 261 g/mol. The number of benzene rings is 1. The van der Waals surface area contributed by atoms with E-state index < -0.39 is 0 Å². The van der Waals surface area contributed by atoms with Crippen LogP contribution in [0.1, 0.15) is 39.7 Å². The molecule has 0 amide bonds. The molecule has 0 atom stereocenters. The highest BCUT2D eigenvalue weighted by molar-refractivity contribution is 5.55. The quantitative estimate of drug-likeness (QED) is 0.650. The molecule has 0 aliphatic carbocycles. The van der Waals surface area contributed by atoms with Crippen molar-refractivity contribution in [2.45, 2.75) is 46.2 Å². The van der Waals surface area contributed by atoms with Gasteiger partial charge in [-0.1, -0.05) is 30.9 Å². The first kappa shape index (κ1) is 15.8. The SMILES string of the molecule is C=Cc1ccccc1OCCCN(C(C)C)C(C)C. The number of nitrogens with zero attached hydrogens (tertiary/aromatic N) is 1. The first-order valence-electron chi connectivity index (χ1n) is 7.16. The summed E-state index contributed by atoms with van der Waals surface area (Å²) in [7, 11) is 0. The molecule has 0 spiro atoms. The van der Waals surface area contributed by atoms with Crippen LogP contribution >= 0.6 is 0 Å². The maximum atomic E-state index is 5.84. The Hall–Kier alpha value is -1.28. The molecule has 0 saturated heterocycles. The average molecular weight is 261 g/mol. The van der Waals surface area contributed by atoms with Crippen molar-refractivity contribution in [1.82, 2.24) is 4.90 Å². The molecule has 1 rings (SSSR count). The van der Waals surface area contributed by atoms with E-state index >= 15 is 0 Å². The molecule has 0 heterocycles. The Morgan fingerprint density at radius 2 is 1.79 bits per heavy atom. The van der Waals surface area contributed by atoms with Crippen molar-refractivity contribution in [1.29, 1.82) is 0 Å². The fourth-order valence-electron chi connectivity index (χ4n) is 2.32. The predicted molar refractivity (Wildman–Crippen MR) is 83.6 cm³/mol. The maximum Gasteiger partial charge on any atom is 0.126 e. The number of hydrogen-bond donors (Lipinski definition) is 0. The molecule has 1 aromatic rings. The van der Waals surface area contributed by atoms with E-state index in [0.29, 0.717) is 12.1 Å². The fourth-order valence-corrected chi connectivity index (χ4v) is 2.32. The van der Waals surface area contributed by atoms with Gasteiger partial charge in [0.05, 0.1) is 6.61 Å². The largest absolute Gasteiger partial charge is 0.493 e. The molecule has 0 saturated carbocycles. The summed E-state index contributed by atoms with van der Waals surface area (Å²) in [5, 5.41) is 0. The van der Waals surface area contributed by atoms with Crippen LogP contribution in [0.25, 0.3) is 6.08 Å². The molecule has 0 aliphatic heterocycles. The summed E-state index contributed by atoms with van der Waals surface area (Å²) >= 11 is 0. The molecular weight excluding hydrogens is 234 g/mol. The molecule has 1 aromatic carbocycles. The Bertz CT molecular complexity index is 377. The van der Waals surface area contributed by atoms with Crippen molar-refractivity contribution in [2.75, 3.05) is 13.2 Å². The Balaban J connectivity index is 2.40. The van der Waals surface area contributed by atoms with Crippen molar-refractivity contribution in [3.05, 3.63) is 36.4 Å². The third kappa shape index (κ3) is 5.07. The van der Waals surface area contributed by atoms with Gasteiger partial charge >= 0.3 is 0 Å². The molecule has 0 unspecified atom stereocenters. The lowest BCUT2D eigenvalue weighted by Crippen LogP contribution is -2.38. The zero-order valence-electron chi connectivity index (χ0n) is 12.7. The van der Waals surface area contributed by atoms with Gasteiger partial charge in [-0.2, -0.15) is 0 Å². The Labute approximate surface area is 118 Å². The van der Waals surface area contributed by atoms with Gasteiger partial charge in [-0.05, 0) is 40.2 Å². The summed E-state index contributed by atoms with van der Waals surface area (Å²) in [5.41, 5.74) is 1.06. The Morgan fingerprint density at radius 3 is 2.37 bits per heavy atom. The number of hydrogen-bond acceptors (Lipinski definition) is 2. The summed E-state index contributed by atoms with van der Waals surface area (Å²) in [6.07, 6.45) is 2.88. The summed E-state index contributed by atoms with van der Waals surface area (Å²) < 4.78 is 5.84. The highest BCUT2D eigenvalue weighted by Gasteiger charge is 2.12. The van der Waals surface area contributed by atoms with Crippen LogP contribution in [0.5, 0.6) is 5.75 Å². The van der Waals surface area contributed by atoms with Crippen LogP contribution in [0.3, 0.4) is 0 Å². The van der Waals surface area contributed by atoms with E-state index in [4.69, 9.17) is 4.74 Å². The van der Waals surface area contributed by atoms with E-state index in [0.717, 1.165) is 30.9 Å². The summed E-state index contributed by atoms with van der Waals surface area (Å²) in [5.74, 6) is 0.929. The molecule has 0 fully saturated rings. The second-order valence-electron chi connectivity index (χ2n) is 5.37. The standard InChI is InChI=1S/C17H27NO/c1-6-16-10-7-8-11-17(16)19-13-9-12-18(14(2)3)15(4)5/h6-8,10-11,14-15H,1,9,12-13H2,2-5H3. The summed E-state index contributed by atoms with van der Waals surface area (Å²) in [6, 6.07) is 9.19. The van der Waals surface area contributed by atoms with Crippen molar-refractivity contribution in [2.24, 2.45) is 0 Å². The lowest BCUT2D eigenvalue weighted by Gasteiger charge is -2.30. The zero-order chi connectivity index (χ0) is 14.3. The first-order valence-corrected chi connectivity index (χ1v) is 7.16. The van der Waals surface area contributed by atoms with Crippen LogP contribution in [-0.2, 0) is 0 Å². The van der Waals surface area contributed by atoms with Crippen molar-refractivity contribution in [3.8, 4) is 5.75 Å². The van der Waals surface area contributed by atoms with Crippen molar-refractivity contribution in [3.63, 3.8) is 0 Å². The molecule has 19 heavy (non-hydrogen) atoms. The molecule has 2 heteroatoms. The van der Waals surface area contributed by atoms with Crippen LogP contribution in [-0.4, -0.2) is 30.1 Å². The number of para-hydroxylation sites is 1. The lowest BCUT2D eigenvalue weighted by atomic mass is 10.2. The lowest BCUT2D eigenvalue weighted by molar-refractivity contribution is 0.160. The highest BCUT2D eigenvalue weighted by Crippen LogP contribution is 2.19. The highest BCUT2D eigenvalue weighted by atomic mass is 16.5. The zero-order valence-corrected chi connectivity index (χ0v) is 12.7. The Morgan fingerprint density at radius 1 is 1.16 bits per heavy atom. The van der Waals surface area contributed by atoms with Gasteiger partial charge in [0, 0.05) is 24.2 Å². The molecule has 0 radical (unpaired) electrons. The minimum absolute atomic E-state index is 0.584. The van der Waals surface area contributed by atoms with Gasteiger partial charge in [-0.25, -0.2) is 0 Å². The smallest absolute Gasteiger partial charge is 0.126 e. The average Bonchev–Trinajstić information content (AvgIpc) is 2.38. The van der Waals surface area contributed by atoms with E-state index in [1.807, 2.05) is 30.3 Å². The van der Waals surface area contributed by atoms with E-state index in [-0.39, 0.29) is 0 Å². The molecule has 106 valence electrons. The van der Waals surface area contributed by atoms with E-state index in [2.05, 4.69) is 39.2 Å². The molecule has 0 N–H and O–H groups in total. The molecule has 0 bridgehead atoms. The molecule has 0 aliphatic rings. The van der Waals surface area contributed by atoms with E-state index in [1.165, 1.54) is 0 Å². The minimum Gasteiger partial charge on any atom is -0.493 e. The molecule has 0 aromatic heterocycles. The van der Waals surface area contributed by atoms with Crippen LogP contribution in [0.2, 0.25) is 0 Å². The summed E-state index contributed by atoms with van der Waals surface area (Å²) in [4.78, 5) is 2.49. The third-order valence-corrected chi connectivity index (χ3v) is 3.28. The molecule has 2 nitrogen and oxygen atoms in total. The van der Waals surface area contributed by atoms with Gasteiger partial charge in [0.1, 0.15) is 5.75 Å². The van der Waals surface area contributed by atoms with Crippen LogP contribution in [0.4, 0.5) is 0 Å². The fraction of sp³-hybridized carbons (Fsp3) is 0.529. The van der Waals surface area contributed by atoms with E-state index in [1.54, 1.807) is 0 Å². The number of ether oxygens (including phenoxy) is 1. The van der Waals surface area contributed by atoms with Crippen LogP contribution < -0.4 is 4.74 Å². The summed E-state index contributed by atoms with van der Waals surface area (Å²) in [6.45, 7) is 14.6. The van der Waals surface area contributed by atoms with E-state index in [9.17, 15) is 0 Å². The van der Waals surface area contributed by atoms with Gasteiger partial charge < -0.3 is 4.74 Å². The van der Waals surface area contributed by atoms with Gasteiger partial charge in [-0.3, -0.25) is 4.90 Å². The minimum atomic E-state index is 0.584. The van der Waals surface area contributed by atoms with Crippen LogP contribution in [0.15, 0.2) is 30.8 Å². The van der Waals surface area contributed by atoms with Crippen molar-refractivity contribution >= 4 is 6.08 Å². The first-order chi connectivity index (χ1) is 9.06.